The van der Waals surface area contributed by atoms with E-state index in [0.717, 1.165) is 0 Å². The summed E-state index contributed by atoms with van der Waals surface area (Å²) in [7, 11) is 0. The molecule has 0 amide bonds. The van der Waals surface area contributed by atoms with Crippen molar-refractivity contribution < 1.29 is 14.6 Å². The van der Waals surface area contributed by atoms with Crippen molar-refractivity contribution in [3.8, 4) is 0 Å². The minimum absolute atomic E-state index is 0.289. The highest BCUT2D eigenvalue weighted by atomic mass is 32.1. The monoisotopic (exact) mass is 218 g/mol. The van der Waals surface area contributed by atoms with Crippen LogP contribution in [0.15, 0.2) is 0 Å². The molecule has 0 aromatic rings. The molecule has 0 aromatic carbocycles. The summed E-state index contributed by atoms with van der Waals surface area (Å²) in [6.07, 6.45) is 0. The maximum Gasteiger partial charge on any atom is 0.315 e. The van der Waals surface area contributed by atoms with Crippen LogP contribution in [0, 0.1) is 5.92 Å². The maximum absolute atomic E-state index is 11.4. The number of ether oxygens (including phenoxy) is 1. The van der Waals surface area contributed by atoms with E-state index in [-0.39, 0.29) is 6.54 Å². The van der Waals surface area contributed by atoms with E-state index in [9.17, 15) is 9.90 Å². The number of esters is 1. The van der Waals surface area contributed by atoms with E-state index >= 15 is 0 Å². The lowest BCUT2D eigenvalue weighted by Gasteiger charge is -2.37. The number of carbonyl (C=O) groups is 1. The van der Waals surface area contributed by atoms with Gasteiger partial charge < -0.3 is 20.5 Å². The molecule has 14 heavy (non-hydrogen) atoms. The predicted molar refractivity (Wildman–Crippen MR) is 54.5 cm³/mol. The highest BCUT2D eigenvalue weighted by molar-refractivity contribution is 7.80. The SMILES string of the molecule is CCOC(=O)[C@@H]1CNC(=S)N[C@@]1(C)O. The average molecular weight is 218 g/mol. The van der Waals surface area contributed by atoms with Crippen LogP contribution in [-0.2, 0) is 9.53 Å². The van der Waals surface area contributed by atoms with Gasteiger partial charge in [0.2, 0.25) is 0 Å². The minimum atomic E-state index is -1.34. The molecule has 0 saturated carbocycles. The van der Waals surface area contributed by atoms with Crippen LogP contribution >= 0.6 is 12.2 Å². The van der Waals surface area contributed by atoms with Gasteiger partial charge in [-0.3, -0.25) is 4.79 Å². The summed E-state index contributed by atoms with van der Waals surface area (Å²) in [5.74, 6) is -1.07. The van der Waals surface area contributed by atoms with E-state index in [1.54, 1.807) is 6.92 Å². The lowest BCUT2D eigenvalue weighted by molar-refractivity contribution is -0.158. The zero-order valence-corrected chi connectivity index (χ0v) is 8.98. The number of hydrogen-bond acceptors (Lipinski definition) is 4. The smallest absolute Gasteiger partial charge is 0.315 e. The fourth-order valence-corrected chi connectivity index (χ4v) is 1.60. The first kappa shape index (κ1) is 11.2. The zero-order valence-electron chi connectivity index (χ0n) is 8.16. The number of hydrogen-bond donors (Lipinski definition) is 3. The van der Waals surface area contributed by atoms with Gasteiger partial charge in [-0.2, -0.15) is 0 Å². The van der Waals surface area contributed by atoms with Crippen molar-refractivity contribution in [3.63, 3.8) is 0 Å². The lowest BCUT2D eigenvalue weighted by atomic mass is 9.95. The molecule has 1 fully saturated rings. The Morgan fingerprint density at radius 3 is 3.00 bits per heavy atom. The number of nitrogens with one attached hydrogen (secondary N) is 2. The Bertz CT molecular complexity index is 255. The Balaban J connectivity index is 2.68. The molecule has 0 spiro atoms. The molecule has 1 aliphatic heterocycles. The fourth-order valence-electron chi connectivity index (χ4n) is 1.31. The van der Waals surface area contributed by atoms with Crippen molar-refractivity contribution in [1.82, 2.24) is 10.6 Å². The van der Waals surface area contributed by atoms with Crippen LogP contribution in [0.2, 0.25) is 0 Å². The van der Waals surface area contributed by atoms with Gasteiger partial charge in [0, 0.05) is 6.54 Å². The minimum Gasteiger partial charge on any atom is -0.466 e. The molecule has 6 heteroatoms. The average Bonchev–Trinajstić information content (AvgIpc) is 2.01. The summed E-state index contributed by atoms with van der Waals surface area (Å²) in [6.45, 7) is 3.82. The standard InChI is InChI=1S/C8H14N2O3S/c1-3-13-6(11)5-4-9-7(14)10-8(5,2)12/h5,12H,3-4H2,1-2H3,(H2,9,10,14)/t5-,8-/m0/s1. The Morgan fingerprint density at radius 2 is 2.50 bits per heavy atom. The normalized spacial score (nSPS) is 31.6. The third-order valence-corrected chi connectivity index (χ3v) is 2.33. The van der Waals surface area contributed by atoms with Crippen LogP contribution in [0.3, 0.4) is 0 Å². The van der Waals surface area contributed by atoms with Gasteiger partial charge in [-0.15, -0.1) is 0 Å². The molecule has 1 saturated heterocycles. The van der Waals surface area contributed by atoms with E-state index < -0.39 is 17.6 Å². The van der Waals surface area contributed by atoms with Crippen LogP contribution in [0.5, 0.6) is 0 Å². The van der Waals surface area contributed by atoms with Crippen LogP contribution in [0.1, 0.15) is 13.8 Å². The summed E-state index contributed by atoms with van der Waals surface area (Å²) in [5, 5.41) is 15.6. The molecule has 2 atom stereocenters. The summed E-state index contributed by atoms with van der Waals surface area (Å²) >= 11 is 4.82. The van der Waals surface area contributed by atoms with Crippen molar-refractivity contribution in [2.75, 3.05) is 13.2 Å². The molecular formula is C8H14N2O3S. The maximum atomic E-state index is 11.4. The molecule has 1 rings (SSSR count). The molecule has 1 heterocycles. The molecule has 0 aliphatic carbocycles. The first-order valence-electron chi connectivity index (χ1n) is 4.42. The molecule has 0 unspecified atom stereocenters. The Morgan fingerprint density at radius 1 is 1.86 bits per heavy atom. The second kappa shape index (κ2) is 4.10. The van der Waals surface area contributed by atoms with E-state index in [2.05, 4.69) is 10.6 Å². The van der Waals surface area contributed by atoms with E-state index in [4.69, 9.17) is 17.0 Å². The van der Waals surface area contributed by atoms with Crippen LogP contribution in [0.4, 0.5) is 0 Å². The van der Waals surface area contributed by atoms with Crippen molar-refractivity contribution in [1.29, 1.82) is 0 Å². The predicted octanol–water partition coefficient (Wildman–Crippen LogP) is -0.648. The summed E-state index contributed by atoms with van der Waals surface area (Å²) in [6, 6.07) is 0. The van der Waals surface area contributed by atoms with Gasteiger partial charge in [-0.1, -0.05) is 0 Å². The van der Waals surface area contributed by atoms with Gasteiger partial charge in [-0.25, -0.2) is 0 Å². The highest BCUT2D eigenvalue weighted by Crippen LogP contribution is 2.18. The Kier molecular flexibility index (Phi) is 3.28. The number of aliphatic hydroxyl groups is 1. The topological polar surface area (TPSA) is 70.6 Å². The second-order valence-corrected chi connectivity index (χ2v) is 3.70. The zero-order chi connectivity index (χ0) is 10.8. The summed E-state index contributed by atoms with van der Waals surface area (Å²) in [5.41, 5.74) is -1.34. The Hall–Kier alpha value is -0.880. The van der Waals surface area contributed by atoms with Gasteiger partial charge >= 0.3 is 5.97 Å². The van der Waals surface area contributed by atoms with Crippen LogP contribution in [0.25, 0.3) is 0 Å². The van der Waals surface area contributed by atoms with Gasteiger partial charge in [0.1, 0.15) is 11.6 Å². The molecule has 0 radical (unpaired) electrons. The summed E-state index contributed by atoms with van der Waals surface area (Å²) < 4.78 is 4.83. The van der Waals surface area contributed by atoms with Crippen molar-refractivity contribution >= 4 is 23.3 Å². The molecular weight excluding hydrogens is 204 g/mol. The molecule has 0 bridgehead atoms. The third kappa shape index (κ3) is 2.33. The molecule has 80 valence electrons. The quantitative estimate of drug-likeness (QED) is 0.423. The lowest BCUT2D eigenvalue weighted by Crippen LogP contribution is -2.64. The van der Waals surface area contributed by atoms with E-state index in [1.165, 1.54) is 6.92 Å². The second-order valence-electron chi connectivity index (χ2n) is 3.29. The van der Waals surface area contributed by atoms with E-state index in [1.807, 2.05) is 0 Å². The molecule has 1 aliphatic rings. The van der Waals surface area contributed by atoms with Gasteiger partial charge in [-0.05, 0) is 26.1 Å². The molecule has 0 aromatic heterocycles. The van der Waals surface area contributed by atoms with Crippen LogP contribution < -0.4 is 10.6 Å². The first-order valence-corrected chi connectivity index (χ1v) is 4.83. The number of thiocarbonyl (C=S) groups is 1. The Labute approximate surface area is 87.8 Å². The fraction of sp³-hybridized carbons (Fsp3) is 0.750. The molecule has 5 nitrogen and oxygen atoms in total. The van der Waals surface area contributed by atoms with Crippen molar-refractivity contribution in [2.45, 2.75) is 19.6 Å². The van der Waals surface area contributed by atoms with Gasteiger partial charge in [0.25, 0.3) is 0 Å². The van der Waals surface area contributed by atoms with Gasteiger partial charge in [0.05, 0.1) is 6.61 Å². The van der Waals surface area contributed by atoms with Gasteiger partial charge in [0.15, 0.2) is 5.11 Å². The third-order valence-electron chi connectivity index (χ3n) is 2.08. The largest absolute Gasteiger partial charge is 0.466 e. The number of carbonyl (C=O) groups excluding carboxylic acids is 1. The summed E-state index contributed by atoms with van der Waals surface area (Å²) in [4.78, 5) is 11.4. The number of rotatable bonds is 2. The van der Waals surface area contributed by atoms with E-state index in [0.29, 0.717) is 11.7 Å². The molecule has 3 N–H and O–H groups in total. The highest BCUT2D eigenvalue weighted by Gasteiger charge is 2.42. The van der Waals surface area contributed by atoms with Crippen LogP contribution in [-0.4, -0.2) is 35.1 Å². The first-order chi connectivity index (χ1) is 6.47. The van der Waals surface area contributed by atoms with Crippen molar-refractivity contribution in [2.24, 2.45) is 5.92 Å². The van der Waals surface area contributed by atoms with Crippen molar-refractivity contribution in [3.05, 3.63) is 0 Å².